The maximum atomic E-state index is 11.9. The lowest BCUT2D eigenvalue weighted by atomic mass is 9.99. The highest BCUT2D eigenvalue weighted by Crippen LogP contribution is 2.24. The van der Waals surface area contributed by atoms with E-state index in [9.17, 15) is 4.79 Å². The molecular weight excluding hydrogens is 356 g/mol. The molecule has 2 saturated heterocycles. The van der Waals surface area contributed by atoms with Crippen molar-refractivity contribution in [1.29, 1.82) is 0 Å². The third kappa shape index (κ3) is 5.23. The zero-order valence-corrected chi connectivity index (χ0v) is 17.2. The summed E-state index contributed by atoms with van der Waals surface area (Å²) in [6.07, 6.45) is 0. The SMILES string of the molecule is CN=C(NCc1cccc(CN2CCOCC2)c1)N1CC(C)C(C(=O)OC)C1. The number of hydrogen-bond donors (Lipinski definition) is 1. The first-order valence-electron chi connectivity index (χ1n) is 10.0. The number of benzene rings is 1. The maximum absolute atomic E-state index is 11.9. The number of carbonyl (C=O) groups is 1. The number of nitrogens with one attached hydrogen (secondary N) is 1. The van der Waals surface area contributed by atoms with Crippen molar-refractivity contribution in [3.8, 4) is 0 Å². The zero-order chi connectivity index (χ0) is 19.9. The Hall–Kier alpha value is -2.12. The van der Waals surface area contributed by atoms with E-state index in [1.54, 1.807) is 7.05 Å². The van der Waals surface area contributed by atoms with Gasteiger partial charge in [-0.15, -0.1) is 0 Å². The van der Waals surface area contributed by atoms with Gasteiger partial charge in [0.05, 0.1) is 26.2 Å². The molecule has 2 heterocycles. The van der Waals surface area contributed by atoms with Crippen LogP contribution in [0.15, 0.2) is 29.3 Å². The molecule has 2 aliphatic rings. The number of carbonyl (C=O) groups excluding carboxylic acids is 1. The van der Waals surface area contributed by atoms with Gasteiger partial charge in [-0.25, -0.2) is 0 Å². The second-order valence-electron chi connectivity index (χ2n) is 7.62. The topological polar surface area (TPSA) is 66.4 Å². The Labute approximate surface area is 167 Å². The summed E-state index contributed by atoms with van der Waals surface area (Å²) >= 11 is 0. The minimum absolute atomic E-state index is 0.0969. The van der Waals surface area contributed by atoms with Crippen LogP contribution in [0.25, 0.3) is 0 Å². The molecule has 0 amide bonds. The summed E-state index contributed by atoms with van der Waals surface area (Å²) in [6.45, 7) is 8.81. The predicted molar refractivity (Wildman–Crippen MR) is 109 cm³/mol. The highest BCUT2D eigenvalue weighted by atomic mass is 16.5. The van der Waals surface area contributed by atoms with Crippen LogP contribution in [-0.2, 0) is 27.4 Å². The Balaban J connectivity index is 1.55. The Morgan fingerprint density at radius 1 is 1.29 bits per heavy atom. The van der Waals surface area contributed by atoms with E-state index in [1.807, 2.05) is 0 Å². The van der Waals surface area contributed by atoms with Crippen molar-refractivity contribution in [2.45, 2.75) is 20.0 Å². The van der Waals surface area contributed by atoms with E-state index in [4.69, 9.17) is 9.47 Å². The third-order valence-corrected chi connectivity index (χ3v) is 5.58. The number of methoxy groups -OCH3 is 1. The van der Waals surface area contributed by atoms with E-state index in [0.717, 1.165) is 45.4 Å². The minimum Gasteiger partial charge on any atom is -0.469 e. The zero-order valence-electron chi connectivity index (χ0n) is 17.2. The van der Waals surface area contributed by atoms with Crippen LogP contribution in [0.2, 0.25) is 0 Å². The van der Waals surface area contributed by atoms with Crippen molar-refractivity contribution in [3.63, 3.8) is 0 Å². The Morgan fingerprint density at radius 3 is 2.75 bits per heavy atom. The van der Waals surface area contributed by atoms with Gasteiger partial charge in [-0.05, 0) is 17.0 Å². The van der Waals surface area contributed by atoms with Crippen LogP contribution in [0.1, 0.15) is 18.1 Å². The van der Waals surface area contributed by atoms with Crippen LogP contribution < -0.4 is 5.32 Å². The van der Waals surface area contributed by atoms with Crippen molar-refractivity contribution in [1.82, 2.24) is 15.1 Å². The van der Waals surface area contributed by atoms with Gasteiger partial charge in [0.2, 0.25) is 0 Å². The summed E-state index contributed by atoms with van der Waals surface area (Å²) in [5.74, 6) is 0.848. The fourth-order valence-corrected chi connectivity index (χ4v) is 3.97. The summed E-state index contributed by atoms with van der Waals surface area (Å²) in [6, 6.07) is 8.67. The van der Waals surface area contributed by atoms with E-state index in [1.165, 1.54) is 18.2 Å². The highest BCUT2D eigenvalue weighted by Gasteiger charge is 2.36. The highest BCUT2D eigenvalue weighted by molar-refractivity contribution is 5.82. The van der Waals surface area contributed by atoms with Gasteiger partial charge < -0.3 is 19.7 Å². The van der Waals surface area contributed by atoms with Gasteiger partial charge in [0.15, 0.2) is 5.96 Å². The Kier molecular flexibility index (Phi) is 7.28. The lowest BCUT2D eigenvalue weighted by Crippen LogP contribution is -2.40. The van der Waals surface area contributed by atoms with Gasteiger partial charge in [-0.1, -0.05) is 31.2 Å². The molecule has 0 spiro atoms. The molecule has 0 bridgehead atoms. The summed E-state index contributed by atoms with van der Waals surface area (Å²) in [5.41, 5.74) is 2.54. The van der Waals surface area contributed by atoms with Gasteiger partial charge in [0.1, 0.15) is 0 Å². The number of esters is 1. The number of aliphatic imine (C=N–C) groups is 1. The third-order valence-electron chi connectivity index (χ3n) is 5.58. The Morgan fingerprint density at radius 2 is 2.04 bits per heavy atom. The average Bonchev–Trinajstić information content (AvgIpc) is 3.10. The van der Waals surface area contributed by atoms with E-state index in [0.29, 0.717) is 13.1 Å². The number of nitrogens with zero attached hydrogens (tertiary/aromatic N) is 3. The normalized spacial score (nSPS) is 23.7. The molecule has 2 aliphatic heterocycles. The standard InChI is InChI=1S/C21H32N4O3/c1-16-13-25(15-19(16)20(26)27-3)21(22-2)23-12-17-5-4-6-18(11-17)14-24-7-9-28-10-8-24/h4-6,11,16,19H,7-10,12-15H2,1-3H3,(H,22,23). The van der Waals surface area contributed by atoms with Crippen molar-refractivity contribution >= 4 is 11.9 Å². The van der Waals surface area contributed by atoms with Gasteiger partial charge in [-0.3, -0.25) is 14.7 Å². The molecule has 1 N–H and O–H groups in total. The smallest absolute Gasteiger partial charge is 0.310 e. The largest absolute Gasteiger partial charge is 0.469 e. The fourth-order valence-electron chi connectivity index (χ4n) is 3.97. The summed E-state index contributed by atoms with van der Waals surface area (Å²) in [7, 11) is 3.24. The average molecular weight is 389 g/mol. The number of morpholine rings is 1. The molecule has 7 nitrogen and oxygen atoms in total. The van der Waals surface area contributed by atoms with Crippen LogP contribution >= 0.6 is 0 Å². The number of guanidine groups is 1. The van der Waals surface area contributed by atoms with Gasteiger partial charge >= 0.3 is 5.97 Å². The van der Waals surface area contributed by atoms with Crippen LogP contribution in [0.4, 0.5) is 0 Å². The van der Waals surface area contributed by atoms with Gasteiger partial charge in [-0.2, -0.15) is 0 Å². The molecule has 7 heteroatoms. The lowest BCUT2D eigenvalue weighted by molar-refractivity contribution is -0.145. The molecule has 154 valence electrons. The first kappa shape index (κ1) is 20.6. The van der Waals surface area contributed by atoms with Crippen molar-refractivity contribution < 1.29 is 14.3 Å². The van der Waals surface area contributed by atoms with Crippen LogP contribution in [-0.4, -0.2) is 75.3 Å². The molecule has 2 atom stereocenters. The molecule has 0 aliphatic carbocycles. The molecular formula is C21H32N4O3. The number of rotatable bonds is 5. The molecule has 0 aromatic heterocycles. The van der Waals surface area contributed by atoms with E-state index < -0.39 is 0 Å². The molecule has 2 fully saturated rings. The molecule has 0 radical (unpaired) electrons. The van der Waals surface area contributed by atoms with Crippen molar-refractivity contribution in [2.24, 2.45) is 16.8 Å². The number of ether oxygens (including phenoxy) is 2. The maximum Gasteiger partial charge on any atom is 0.310 e. The fraction of sp³-hybridized carbons (Fsp3) is 0.619. The van der Waals surface area contributed by atoms with E-state index in [-0.39, 0.29) is 17.8 Å². The molecule has 1 aromatic carbocycles. The summed E-state index contributed by atoms with van der Waals surface area (Å²) in [4.78, 5) is 20.9. The quantitative estimate of drug-likeness (QED) is 0.466. The van der Waals surface area contributed by atoms with E-state index >= 15 is 0 Å². The first-order valence-corrected chi connectivity index (χ1v) is 10.0. The molecule has 0 saturated carbocycles. The van der Waals surface area contributed by atoms with Gasteiger partial charge in [0.25, 0.3) is 0 Å². The van der Waals surface area contributed by atoms with Gasteiger partial charge in [0, 0.05) is 46.3 Å². The molecule has 2 unspecified atom stereocenters. The summed E-state index contributed by atoms with van der Waals surface area (Å²) < 4.78 is 10.4. The second-order valence-corrected chi connectivity index (χ2v) is 7.62. The second kappa shape index (κ2) is 9.89. The minimum atomic E-state index is -0.138. The van der Waals surface area contributed by atoms with Crippen molar-refractivity contribution in [2.75, 3.05) is 53.6 Å². The van der Waals surface area contributed by atoms with Crippen LogP contribution in [0, 0.1) is 11.8 Å². The predicted octanol–water partition coefficient (Wildman–Crippen LogP) is 1.34. The van der Waals surface area contributed by atoms with Crippen molar-refractivity contribution in [3.05, 3.63) is 35.4 Å². The first-order chi connectivity index (χ1) is 13.6. The number of hydrogen-bond acceptors (Lipinski definition) is 5. The van der Waals surface area contributed by atoms with Crippen LogP contribution in [0.3, 0.4) is 0 Å². The van der Waals surface area contributed by atoms with E-state index in [2.05, 4.69) is 51.3 Å². The number of likely N-dealkylation sites (tertiary alicyclic amines) is 1. The molecule has 3 rings (SSSR count). The molecule has 28 heavy (non-hydrogen) atoms. The monoisotopic (exact) mass is 388 g/mol. The molecule has 1 aromatic rings. The Bertz CT molecular complexity index is 688. The van der Waals surface area contributed by atoms with Crippen LogP contribution in [0.5, 0.6) is 0 Å². The lowest BCUT2D eigenvalue weighted by Gasteiger charge is -2.26. The summed E-state index contributed by atoms with van der Waals surface area (Å²) in [5, 5.41) is 3.45.